The largest absolute Gasteiger partial charge is 0.480 e. The molecule has 102 valence electrons. The highest BCUT2D eigenvalue weighted by Crippen LogP contribution is 2.36. The molecule has 1 saturated heterocycles. The van der Waals surface area contributed by atoms with Crippen LogP contribution in [0.25, 0.3) is 0 Å². The normalized spacial score (nSPS) is 27.2. The zero-order chi connectivity index (χ0) is 13.2. The third kappa shape index (κ3) is 2.51. The van der Waals surface area contributed by atoms with Crippen LogP contribution in [0, 0.1) is 0 Å². The molecule has 0 amide bonds. The van der Waals surface area contributed by atoms with Crippen LogP contribution >= 0.6 is 0 Å². The van der Waals surface area contributed by atoms with Gasteiger partial charge in [0.05, 0.1) is 19.3 Å². The van der Waals surface area contributed by atoms with Crippen molar-refractivity contribution < 1.29 is 14.6 Å². The number of aliphatic carboxylic acids is 1. The lowest BCUT2D eigenvalue weighted by Gasteiger charge is -2.40. The minimum absolute atomic E-state index is 0.0341. The van der Waals surface area contributed by atoms with Crippen molar-refractivity contribution >= 4 is 5.97 Å². The number of ether oxygens (including phenoxy) is 1. The van der Waals surface area contributed by atoms with Crippen LogP contribution in [-0.2, 0) is 16.0 Å². The SMILES string of the molecule is O=C(O)CN1CCOC2c3ccccc3CCCC21. The molecule has 0 spiro atoms. The number of carboxylic acids is 1. The molecule has 1 aliphatic carbocycles. The Labute approximate surface area is 113 Å². The predicted octanol–water partition coefficient (Wildman–Crippen LogP) is 1.85. The van der Waals surface area contributed by atoms with Gasteiger partial charge in [0, 0.05) is 12.6 Å². The molecule has 1 N–H and O–H groups in total. The highest BCUT2D eigenvalue weighted by Gasteiger charge is 2.36. The van der Waals surface area contributed by atoms with Gasteiger partial charge in [-0.15, -0.1) is 0 Å². The number of rotatable bonds is 2. The fourth-order valence-electron chi connectivity index (χ4n) is 3.31. The van der Waals surface area contributed by atoms with Crippen LogP contribution in [0.2, 0.25) is 0 Å². The second kappa shape index (κ2) is 5.31. The molecule has 0 bridgehead atoms. The summed E-state index contributed by atoms with van der Waals surface area (Å²) in [6.07, 6.45) is 3.20. The maximum Gasteiger partial charge on any atom is 0.317 e. The molecule has 1 aliphatic heterocycles. The maximum atomic E-state index is 11.0. The minimum Gasteiger partial charge on any atom is -0.480 e. The van der Waals surface area contributed by atoms with E-state index in [0.29, 0.717) is 6.61 Å². The van der Waals surface area contributed by atoms with Crippen molar-refractivity contribution in [2.75, 3.05) is 19.7 Å². The zero-order valence-electron chi connectivity index (χ0n) is 10.9. The first-order valence-corrected chi connectivity index (χ1v) is 6.91. The lowest BCUT2D eigenvalue weighted by Crippen LogP contribution is -2.48. The van der Waals surface area contributed by atoms with Gasteiger partial charge in [-0.3, -0.25) is 9.69 Å². The lowest BCUT2D eigenvalue weighted by molar-refractivity contribution is -0.143. The summed E-state index contributed by atoms with van der Waals surface area (Å²) in [6.45, 7) is 1.45. The molecule has 2 unspecified atom stereocenters. The summed E-state index contributed by atoms with van der Waals surface area (Å²) >= 11 is 0. The molecule has 4 heteroatoms. The number of fused-ring (bicyclic) bond motifs is 3. The topological polar surface area (TPSA) is 49.8 Å². The summed E-state index contributed by atoms with van der Waals surface area (Å²) in [5.41, 5.74) is 2.60. The molecular weight excluding hydrogens is 242 g/mol. The van der Waals surface area contributed by atoms with Crippen molar-refractivity contribution in [2.45, 2.75) is 31.4 Å². The van der Waals surface area contributed by atoms with Crippen LogP contribution in [0.1, 0.15) is 30.1 Å². The van der Waals surface area contributed by atoms with Crippen molar-refractivity contribution in [1.29, 1.82) is 0 Å². The Hall–Kier alpha value is -1.39. The van der Waals surface area contributed by atoms with E-state index in [1.165, 1.54) is 11.1 Å². The number of benzene rings is 1. The van der Waals surface area contributed by atoms with E-state index in [2.05, 4.69) is 23.1 Å². The van der Waals surface area contributed by atoms with Gasteiger partial charge in [0.1, 0.15) is 0 Å². The Morgan fingerprint density at radius 1 is 1.42 bits per heavy atom. The minimum atomic E-state index is -0.752. The van der Waals surface area contributed by atoms with Crippen molar-refractivity contribution in [3.63, 3.8) is 0 Å². The summed E-state index contributed by atoms with van der Waals surface area (Å²) in [5, 5.41) is 9.04. The van der Waals surface area contributed by atoms with Crippen LogP contribution in [-0.4, -0.2) is 41.7 Å². The van der Waals surface area contributed by atoms with Crippen molar-refractivity contribution in [1.82, 2.24) is 4.90 Å². The highest BCUT2D eigenvalue weighted by atomic mass is 16.5. The Balaban J connectivity index is 1.90. The molecule has 1 aromatic carbocycles. The molecule has 1 fully saturated rings. The number of aryl methyl sites for hydroxylation is 1. The predicted molar refractivity (Wildman–Crippen MR) is 71.1 cm³/mol. The van der Waals surface area contributed by atoms with Gasteiger partial charge in [0.2, 0.25) is 0 Å². The molecule has 3 rings (SSSR count). The molecule has 2 aliphatic rings. The van der Waals surface area contributed by atoms with Gasteiger partial charge in [-0.05, 0) is 30.4 Å². The Bertz CT molecular complexity index is 474. The summed E-state index contributed by atoms with van der Waals surface area (Å²) in [7, 11) is 0. The van der Waals surface area contributed by atoms with Crippen molar-refractivity contribution in [2.24, 2.45) is 0 Å². The molecule has 0 radical (unpaired) electrons. The van der Waals surface area contributed by atoms with E-state index in [4.69, 9.17) is 9.84 Å². The van der Waals surface area contributed by atoms with Crippen molar-refractivity contribution in [3.05, 3.63) is 35.4 Å². The fraction of sp³-hybridized carbons (Fsp3) is 0.533. The van der Waals surface area contributed by atoms with E-state index in [1.807, 2.05) is 6.07 Å². The number of hydrogen-bond donors (Lipinski definition) is 1. The van der Waals surface area contributed by atoms with Gasteiger partial charge in [0.25, 0.3) is 0 Å². The number of carbonyl (C=O) groups is 1. The first kappa shape index (κ1) is 12.6. The summed E-state index contributed by atoms with van der Waals surface area (Å²) in [4.78, 5) is 13.1. The Morgan fingerprint density at radius 2 is 2.26 bits per heavy atom. The molecule has 4 nitrogen and oxygen atoms in total. The lowest BCUT2D eigenvalue weighted by atomic mass is 9.96. The van der Waals surface area contributed by atoms with Crippen LogP contribution in [0.5, 0.6) is 0 Å². The van der Waals surface area contributed by atoms with Crippen LogP contribution in [0.3, 0.4) is 0 Å². The van der Waals surface area contributed by atoms with Gasteiger partial charge in [-0.1, -0.05) is 24.3 Å². The first-order chi connectivity index (χ1) is 9.25. The van der Waals surface area contributed by atoms with Gasteiger partial charge < -0.3 is 9.84 Å². The van der Waals surface area contributed by atoms with Gasteiger partial charge in [0.15, 0.2) is 0 Å². The molecule has 1 aromatic rings. The fourth-order valence-corrected chi connectivity index (χ4v) is 3.31. The number of hydrogen-bond acceptors (Lipinski definition) is 3. The third-order valence-corrected chi connectivity index (χ3v) is 4.14. The standard InChI is InChI=1S/C15H19NO3/c17-14(18)10-16-8-9-19-15-12-6-2-1-4-11(12)5-3-7-13(15)16/h1-2,4,6,13,15H,3,5,7-10H2,(H,17,18). The molecule has 2 atom stereocenters. The first-order valence-electron chi connectivity index (χ1n) is 6.91. The maximum absolute atomic E-state index is 11.0. The van der Waals surface area contributed by atoms with Gasteiger partial charge >= 0.3 is 5.97 Å². The number of nitrogens with zero attached hydrogens (tertiary/aromatic N) is 1. The van der Waals surface area contributed by atoms with Crippen molar-refractivity contribution in [3.8, 4) is 0 Å². The second-order valence-corrected chi connectivity index (χ2v) is 5.31. The van der Waals surface area contributed by atoms with Crippen LogP contribution in [0.4, 0.5) is 0 Å². The van der Waals surface area contributed by atoms with E-state index in [9.17, 15) is 4.79 Å². The monoisotopic (exact) mass is 261 g/mol. The number of carboxylic acid groups (broad SMARTS) is 1. The van der Waals surface area contributed by atoms with E-state index in [-0.39, 0.29) is 18.7 Å². The van der Waals surface area contributed by atoms with E-state index < -0.39 is 5.97 Å². The summed E-state index contributed by atoms with van der Waals surface area (Å²) in [6, 6.07) is 8.60. The van der Waals surface area contributed by atoms with Gasteiger partial charge in [-0.25, -0.2) is 0 Å². The Morgan fingerprint density at radius 3 is 3.11 bits per heavy atom. The zero-order valence-corrected chi connectivity index (χ0v) is 10.9. The Kier molecular flexibility index (Phi) is 3.53. The van der Waals surface area contributed by atoms with Crippen LogP contribution in [0.15, 0.2) is 24.3 Å². The van der Waals surface area contributed by atoms with Gasteiger partial charge in [-0.2, -0.15) is 0 Å². The summed E-state index contributed by atoms with van der Waals surface area (Å²) in [5.74, 6) is -0.752. The number of morpholine rings is 1. The molecule has 1 heterocycles. The molecule has 0 saturated carbocycles. The smallest absolute Gasteiger partial charge is 0.317 e. The summed E-state index contributed by atoms with van der Waals surface area (Å²) < 4.78 is 5.97. The third-order valence-electron chi connectivity index (χ3n) is 4.14. The highest BCUT2D eigenvalue weighted by molar-refractivity contribution is 5.69. The van der Waals surface area contributed by atoms with E-state index in [0.717, 1.165) is 25.8 Å². The second-order valence-electron chi connectivity index (χ2n) is 5.31. The van der Waals surface area contributed by atoms with Crippen LogP contribution < -0.4 is 0 Å². The van der Waals surface area contributed by atoms with E-state index >= 15 is 0 Å². The molecular formula is C15H19NO3. The van der Waals surface area contributed by atoms with E-state index in [1.54, 1.807) is 0 Å². The quantitative estimate of drug-likeness (QED) is 0.882. The average molecular weight is 261 g/mol. The average Bonchev–Trinajstić information content (AvgIpc) is 2.58. The molecule has 19 heavy (non-hydrogen) atoms. The molecule has 0 aromatic heterocycles.